The molecule has 0 saturated carbocycles. The lowest BCUT2D eigenvalue weighted by atomic mass is 10.1. The first-order chi connectivity index (χ1) is 12.9. The van der Waals surface area contributed by atoms with Gasteiger partial charge < -0.3 is 9.42 Å². The Morgan fingerprint density at radius 2 is 1.85 bits per heavy atom. The number of anilines is 1. The molecular weight excluding hydrogens is 386 g/mol. The summed E-state index contributed by atoms with van der Waals surface area (Å²) in [6.07, 6.45) is 0. The minimum Gasteiger partial charge on any atom is -0.369 e. The first-order valence-corrected chi connectivity index (χ1v) is 10.7. The lowest BCUT2D eigenvalue weighted by molar-refractivity contribution is 0.382. The molecule has 0 N–H and O–H groups in total. The van der Waals surface area contributed by atoms with Gasteiger partial charge >= 0.3 is 0 Å². The topological polar surface area (TPSA) is 66.7 Å². The minimum atomic E-state index is -3.46. The van der Waals surface area contributed by atoms with E-state index in [1.54, 1.807) is 6.07 Å². The van der Waals surface area contributed by atoms with E-state index < -0.39 is 10.0 Å². The zero-order valence-electron chi connectivity index (χ0n) is 14.9. The Morgan fingerprint density at radius 3 is 2.63 bits per heavy atom. The summed E-state index contributed by atoms with van der Waals surface area (Å²) < 4.78 is 32.5. The van der Waals surface area contributed by atoms with Gasteiger partial charge in [0.25, 0.3) is 0 Å². The molecule has 1 aromatic heterocycles. The molecule has 0 bridgehead atoms. The Labute approximate surface area is 163 Å². The summed E-state index contributed by atoms with van der Waals surface area (Å²) in [6.45, 7) is 4.15. The molecule has 0 amide bonds. The normalized spacial score (nSPS) is 16.1. The molecule has 8 heteroatoms. The van der Waals surface area contributed by atoms with E-state index >= 15 is 0 Å². The molecule has 4 rings (SSSR count). The number of sulfonamides is 1. The van der Waals surface area contributed by atoms with Crippen LogP contribution >= 0.6 is 11.6 Å². The largest absolute Gasteiger partial charge is 0.369 e. The zero-order chi connectivity index (χ0) is 19.0. The van der Waals surface area contributed by atoms with Crippen molar-refractivity contribution in [2.75, 3.05) is 31.1 Å². The summed E-state index contributed by atoms with van der Waals surface area (Å²) in [5, 5.41) is 5.38. The van der Waals surface area contributed by atoms with E-state index in [0.29, 0.717) is 42.5 Å². The van der Waals surface area contributed by atoms with E-state index in [2.05, 4.69) is 10.1 Å². The molecule has 1 aliphatic heterocycles. The predicted molar refractivity (Wildman–Crippen MR) is 107 cm³/mol. The van der Waals surface area contributed by atoms with Crippen LogP contribution in [-0.2, 0) is 15.8 Å². The molecule has 142 valence electrons. The van der Waals surface area contributed by atoms with Crippen molar-refractivity contribution in [3.8, 4) is 0 Å². The fourth-order valence-electron chi connectivity index (χ4n) is 3.44. The second kappa shape index (κ2) is 7.14. The Bertz CT molecular complexity index is 1070. The molecule has 0 atom stereocenters. The lowest BCUT2D eigenvalue weighted by Gasteiger charge is -2.36. The Balaban J connectivity index is 1.48. The minimum absolute atomic E-state index is 0.153. The average Bonchev–Trinajstić information content (AvgIpc) is 3.06. The van der Waals surface area contributed by atoms with E-state index in [-0.39, 0.29) is 5.75 Å². The second-order valence-electron chi connectivity index (χ2n) is 6.70. The highest BCUT2D eigenvalue weighted by atomic mass is 35.5. The number of aryl methyl sites for hydroxylation is 1. The van der Waals surface area contributed by atoms with Gasteiger partial charge in [0.05, 0.1) is 0 Å². The summed E-state index contributed by atoms with van der Waals surface area (Å²) in [6, 6.07) is 13.1. The number of nitrogens with zero attached hydrogens (tertiary/aromatic N) is 3. The van der Waals surface area contributed by atoms with Crippen molar-refractivity contribution in [1.29, 1.82) is 0 Å². The van der Waals surface area contributed by atoms with Crippen LogP contribution in [0.25, 0.3) is 11.0 Å². The Hall–Kier alpha value is -2.09. The number of para-hydroxylation sites is 1. The van der Waals surface area contributed by atoms with Crippen molar-refractivity contribution in [3.63, 3.8) is 0 Å². The molecule has 1 saturated heterocycles. The maximum Gasteiger partial charge on any atom is 0.220 e. The number of rotatable bonds is 4. The lowest BCUT2D eigenvalue weighted by Crippen LogP contribution is -2.49. The van der Waals surface area contributed by atoms with Crippen molar-refractivity contribution < 1.29 is 12.9 Å². The van der Waals surface area contributed by atoms with E-state index in [9.17, 15) is 8.42 Å². The van der Waals surface area contributed by atoms with Gasteiger partial charge in [-0.2, -0.15) is 4.31 Å². The molecule has 1 aliphatic rings. The van der Waals surface area contributed by atoms with Crippen LogP contribution in [-0.4, -0.2) is 44.1 Å². The van der Waals surface area contributed by atoms with Crippen molar-refractivity contribution in [2.45, 2.75) is 12.7 Å². The van der Waals surface area contributed by atoms with Crippen LogP contribution in [0, 0.1) is 6.92 Å². The SMILES string of the molecule is Cc1ccc(Cl)cc1N1CCN(S(=O)(=O)Cc2noc3ccccc23)CC1. The van der Waals surface area contributed by atoms with Crippen LogP contribution in [0.15, 0.2) is 47.0 Å². The van der Waals surface area contributed by atoms with E-state index in [1.165, 1.54) is 4.31 Å². The van der Waals surface area contributed by atoms with Gasteiger partial charge in [-0.15, -0.1) is 0 Å². The van der Waals surface area contributed by atoms with E-state index in [0.717, 1.165) is 16.6 Å². The van der Waals surface area contributed by atoms with Crippen molar-refractivity contribution in [3.05, 3.63) is 58.7 Å². The number of fused-ring (bicyclic) bond motifs is 1. The van der Waals surface area contributed by atoms with Crippen LogP contribution in [0.5, 0.6) is 0 Å². The van der Waals surface area contributed by atoms with Crippen LogP contribution in [0.2, 0.25) is 5.02 Å². The molecular formula is C19H20ClN3O3S. The molecule has 3 aromatic rings. The Kier molecular flexibility index (Phi) is 4.84. The van der Waals surface area contributed by atoms with Gasteiger partial charge in [-0.1, -0.05) is 35.0 Å². The summed E-state index contributed by atoms with van der Waals surface area (Å²) in [5.41, 5.74) is 3.24. The third-order valence-corrected chi connectivity index (χ3v) is 6.94. The number of hydrogen-bond donors (Lipinski definition) is 0. The van der Waals surface area contributed by atoms with E-state index in [4.69, 9.17) is 16.1 Å². The van der Waals surface area contributed by atoms with Gasteiger partial charge in [0.15, 0.2) is 5.58 Å². The van der Waals surface area contributed by atoms with Crippen molar-refractivity contribution in [2.24, 2.45) is 0 Å². The summed E-state index contributed by atoms with van der Waals surface area (Å²) in [5.74, 6) is -0.153. The Morgan fingerprint density at radius 1 is 1.11 bits per heavy atom. The fourth-order valence-corrected chi connectivity index (χ4v) is 5.06. The van der Waals surface area contributed by atoms with Gasteiger partial charge in [-0.3, -0.25) is 0 Å². The molecule has 0 spiro atoms. The van der Waals surface area contributed by atoms with E-state index in [1.807, 2.05) is 43.3 Å². The number of aromatic nitrogens is 1. The average molecular weight is 406 g/mol. The highest BCUT2D eigenvalue weighted by molar-refractivity contribution is 7.88. The molecule has 27 heavy (non-hydrogen) atoms. The summed E-state index contributed by atoms with van der Waals surface area (Å²) >= 11 is 6.12. The molecule has 0 unspecified atom stereocenters. The molecule has 6 nitrogen and oxygen atoms in total. The summed E-state index contributed by atoms with van der Waals surface area (Å²) in [7, 11) is -3.46. The highest BCUT2D eigenvalue weighted by Gasteiger charge is 2.29. The monoisotopic (exact) mass is 405 g/mol. The molecule has 2 aromatic carbocycles. The van der Waals surface area contributed by atoms with Gasteiger partial charge in [0.2, 0.25) is 10.0 Å². The van der Waals surface area contributed by atoms with Crippen LogP contribution in [0.4, 0.5) is 5.69 Å². The van der Waals surface area contributed by atoms with Crippen LogP contribution < -0.4 is 4.90 Å². The summed E-state index contributed by atoms with van der Waals surface area (Å²) in [4.78, 5) is 2.18. The highest BCUT2D eigenvalue weighted by Crippen LogP contribution is 2.27. The number of halogens is 1. The molecule has 0 aliphatic carbocycles. The first-order valence-electron chi connectivity index (χ1n) is 8.76. The number of benzene rings is 2. The number of hydrogen-bond acceptors (Lipinski definition) is 5. The fraction of sp³-hybridized carbons (Fsp3) is 0.316. The van der Waals surface area contributed by atoms with Crippen molar-refractivity contribution in [1.82, 2.24) is 9.46 Å². The molecule has 1 fully saturated rings. The van der Waals surface area contributed by atoms with Gasteiger partial charge in [-0.25, -0.2) is 8.42 Å². The third-order valence-electron chi connectivity index (χ3n) is 4.92. The predicted octanol–water partition coefficient (Wildman–Crippen LogP) is 3.44. The maximum absolute atomic E-state index is 12.9. The second-order valence-corrected chi connectivity index (χ2v) is 9.10. The van der Waals surface area contributed by atoms with Crippen LogP contribution in [0.3, 0.4) is 0 Å². The smallest absolute Gasteiger partial charge is 0.220 e. The van der Waals surface area contributed by atoms with Gasteiger partial charge in [0.1, 0.15) is 11.4 Å². The van der Waals surface area contributed by atoms with Gasteiger partial charge in [-0.05, 0) is 36.8 Å². The first kappa shape index (κ1) is 18.3. The molecule has 0 radical (unpaired) electrons. The third kappa shape index (κ3) is 3.67. The van der Waals surface area contributed by atoms with Gasteiger partial charge in [0, 0.05) is 42.3 Å². The maximum atomic E-state index is 12.9. The zero-order valence-corrected chi connectivity index (χ0v) is 16.5. The molecule has 2 heterocycles. The number of piperazine rings is 1. The standard InChI is InChI=1S/C19H20ClN3O3S/c1-14-6-7-15(20)12-18(14)22-8-10-23(11-9-22)27(24,25)13-17-16-4-2-3-5-19(16)26-21-17/h2-7,12H,8-11,13H2,1H3. The quantitative estimate of drug-likeness (QED) is 0.665. The van der Waals surface area contributed by atoms with Crippen LogP contribution in [0.1, 0.15) is 11.3 Å². The van der Waals surface area contributed by atoms with Crippen molar-refractivity contribution >= 4 is 38.3 Å².